The second-order valence-corrected chi connectivity index (χ2v) is 5.74. The third kappa shape index (κ3) is 3.26. The third-order valence-corrected chi connectivity index (χ3v) is 3.29. The number of aromatic nitrogens is 1. The van der Waals surface area contributed by atoms with Crippen molar-refractivity contribution in [2.75, 3.05) is 13.7 Å². The molecule has 15 heavy (non-hydrogen) atoms. The molecule has 3 nitrogen and oxygen atoms in total. The first kappa shape index (κ1) is 12.6. The van der Waals surface area contributed by atoms with Crippen LogP contribution in [0.15, 0.2) is 0 Å². The minimum absolute atomic E-state index is 0.0799. The van der Waals surface area contributed by atoms with Crippen molar-refractivity contribution < 1.29 is 4.74 Å². The minimum Gasteiger partial charge on any atom is -0.384 e. The van der Waals surface area contributed by atoms with Crippen LogP contribution in [0.25, 0.3) is 0 Å². The average Bonchev–Trinajstić information content (AvgIpc) is 2.57. The summed E-state index contributed by atoms with van der Waals surface area (Å²) in [6.45, 7) is 7.81. The molecule has 0 radical (unpaired) electrons. The van der Waals surface area contributed by atoms with Crippen LogP contribution in [-0.2, 0) is 23.1 Å². The molecule has 1 aromatic rings. The standard InChI is InChI=1S/C11H20N2OS/c1-11(2,3)10-8(7-12)15-9(13-10)5-6-14-4/h5-7,12H2,1-4H3. The summed E-state index contributed by atoms with van der Waals surface area (Å²) < 4.78 is 5.05. The van der Waals surface area contributed by atoms with Gasteiger partial charge in [-0.3, -0.25) is 0 Å². The van der Waals surface area contributed by atoms with Crippen LogP contribution in [0.3, 0.4) is 0 Å². The molecule has 2 N–H and O–H groups in total. The zero-order valence-corrected chi connectivity index (χ0v) is 10.8. The second-order valence-electron chi connectivity index (χ2n) is 4.58. The van der Waals surface area contributed by atoms with Gasteiger partial charge in [-0.05, 0) is 0 Å². The Bertz CT molecular complexity index is 315. The summed E-state index contributed by atoms with van der Waals surface area (Å²) in [7, 11) is 1.71. The van der Waals surface area contributed by atoms with Crippen LogP contribution >= 0.6 is 11.3 Å². The number of rotatable bonds is 4. The van der Waals surface area contributed by atoms with Crippen LogP contribution in [0.4, 0.5) is 0 Å². The molecule has 1 rings (SSSR count). The molecule has 0 saturated heterocycles. The van der Waals surface area contributed by atoms with E-state index in [0.717, 1.165) is 23.7 Å². The molecule has 0 aliphatic heterocycles. The molecule has 0 unspecified atom stereocenters. The summed E-state index contributed by atoms with van der Waals surface area (Å²) in [5.74, 6) is 0. The lowest BCUT2D eigenvalue weighted by atomic mass is 9.91. The van der Waals surface area contributed by atoms with Gasteiger partial charge in [0.05, 0.1) is 17.3 Å². The van der Waals surface area contributed by atoms with Crippen LogP contribution in [-0.4, -0.2) is 18.7 Å². The number of nitrogens with zero attached hydrogens (tertiary/aromatic N) is 1. The summed E-state index contributed by atoms with van der Waals surface area (Å²) in [6, 6.07) is 0. The van der Waals surface area contributed by atoms with Gasteiger partial charge in [-0.25, -0.2) is 4.98 Å². The summed E-state index contributed by atoms with van der Waals surface area (Å²) in [4.78, 5) is 5.85. The number of hydrogen-bond acceptors (Lipinski definition) is 4. The Morgan fingerprint density at radius 3 is 2.47 bits per heavy atom. The molecular formula is C11H20N2OS. The molecule has 0 spiro atoms. The highest BCUT2D eigenvalue weighted by Crippen LogP contribution is 2.29. The maximum absolute atomic E-state index is 5.73. The largest absolute Gasteiger partial charge is 0.384 e. The lowest BCUT2D eigenvalue weighted by Gasteiger charge is -2.16. The predicted octanol–water partition coefficient (Wildman–Crippen LogP) is 2.09. The zero-order chi connectivity index (χ0) is 11.5. The van der Waals surface area contributed by atoms with Crippen molar-refractivity contribution in [3.05, 3.63) is 15.6 Å². The number of methoxy groups -OCH3 is 1. The molecular weight excluding hydrogens is 208 g/mol. The minimum atomic E-state index is 0.0799. The van der Waals surface area contributed by atoms with Crippen molar-refractivity contribution in [1.82, 2.24) is 4.98 Å². The van der Waals surface area contributed by atoms with E-state index in [4.69, 9.17) is 10.5 Å². The van der Waals surface area contributed by atoms with Crippen molar-refractivity contribution in [1.29, 1.82) is 0 Å². The molecule has 0 bridgehead atoms. The van der Waals surface area contributed by atoms with E-state index in [0.29, 0.717) is 6.54 Å². The van der Waals surface area contributed by atoms with Gasteiger partial charge in [0.25, 0.3) is 0 Å². The van der Waals surface area contributed by atoms with Crippen LogP contribution in [0.5, 0.6) is 0 Å². The van der Waals surface area contributed by atoms with E-state index < -0.39 is 0 Å². The quantitative estimate of drug-likeness (QED) is 0.858. The van der Waals surface area contributed by atoms with E-state index >= 15 is 0 Å². The van der Waals surface area contributed by atoms with Gasteiger partial charge in [-0.1, -0.05) is 20.8 Å². The van der Waals surface area contributed by atoms with Gasteiger partial charge >= 0.3 is 0 Å². The second kappa shape index (κ2) is 5.05. The van der Waals surface area contributed by atoms with Crippen LogP contribution in [0.2, 0.25) is 0 Å². The van der Waals surface area contributed by atoms with Crippen molar-refractivity contribution in [3.8, 4) is 0 Å². The van der Waals surface area contributed by atoms with Crippen LogP contribution in [0.1, 0.15) is 36.3 Å². The molecule has 0 aliphatic rings. The summed E-state index contributed by atoms with van der Waals surface area (Å²) >= 11 is 1.71. The molecule has 0 saturated carbocycles. The zero-order valence-electron chi connectivity index (χ0n) is 9.96. The van der Waals surface area contributed by atoms with Gasteiger partial charge in [-0.2, -0.15) is 0 Å². The topological polar surface area (TPSA) is 48.1 Å². The molecule has 0 atom stereocenters. The fraction of sp³-hybridized carbons (Fsp3) is 0.727. The molecule has 0 amide bonds. The van der Waals surface area contributed by atoms with Crippen molar-refractivity contribution in [2.45, 2.75) is 39.2 Å². The number of nitrogens with two attached hydrogens (primary N) is 1. The first-order chi connectivity index (χ1) is 6.99. The first-order valence-electron chi connectivity index (χ1n) is 5.17. The molecule has 0 fully saturated rings. The Kier molecular flexibility index (Phi) is 4.25. The number of thiazole rings is 1. The van der Waals surface area contributed by atoms with E-state index in [1.165, 1.54) is 4.88 Å². The molecule has 0 aromatic carbocycles. The third-order valence-electron chi connectivity index (χ3n) is 2.16. The highest BCUT2D eigenvalue weighted by atomic mass is 32.1. The lowest BCUT2D eigenvalue weighted by Crippen LogP contribution is -2.15. The van der Waals surface area contributed by atoms with Gasteiger partial charge in [0.1, 0.15) is 0 Å². The number of ether oxygens (including phenoxy) is 1. The molecule has 4 heteroatoms. The Balaban J connectivity index is 2.90. The molecule has 86 valence electrons. The molecule has 1 aromatic heterocycles. The van der Waals surface area contributed by atoms with Gasteiger partial charge in [-0.15, -0.1) is 11.3 Å². The average molecular weight is 228 g/mol. The highest BCUT2D eigenvalue weighted by Gasteiger charge is 2.22. The van der Waals surface area contributed by atoms with E-state index in [2.05, 4.69) is 25.8 Å². The van der Waals surface area contributed by atoms with E-state index in [1.807, 2.05) is 0 Å². The Labute approximate surface area is 95.7 Å². The Morgan fingerprint density at radius 2 is 2.07 bits per heavy atom. The smallest absolute Gasteiger partial charge is 0.0954 e. The predicted molar refractivity (Wildman–Crippen MR) is 64.3 cm³/mol. The first-order valence-corrected chi connectivity index (χ1v) is 5.98. The molecule has 0 aliphatic carbocycles. The summed E-state index contributed by atoms with van der Waals surface area (Å²) in [5.41, 5.74) is 6.95. The van der Waals surface area contributed by atoms with Gasteiger partial charge in [0.2, 0.25) is 0 Å². The summed E-state index contributed by atoms with van der Waals surface area (Å²) in [5, 5.41) is 1.13. The highest BCUT2D eigenvalue weighted by molar-refractivity contribution is 7.11. The monoisotopic (exact) mass is 228 g/mol. The van der Waals surface area contributed by atoms with Crippen molar-refractivity contribution >= 4 is 11.3 Å². The Morgan fingerprint density at radius 1 is 1.40 bits per heavy atom. The maximum atomic E-state index is 5.73. The fourth-order valence-corrected chi connectivity index (χ4v) is 2.56. The van der Waals surface area contributed by atoms with Gasteiger partial charge < -0.3 is 10.5 Å². The van der Waals surface area contributed by atoms with Crippen LogP contribution in [0, 0.1) is 0 Å². The number of hydrogen-bond donors (Lipinski definition) is 1. The van der Waals surface area contributed by atoms with Gasteiger partial charge in [0, 0.05) is 30.4 Å². The van der Waals surface area contributed by atoms with Gasteiger partial charge in [0.15, 0.2) is 0 Å². The summed E-state index contributed by atoms with van der Waals surface area (Å²) in [6.07, 6.45) is 0.879. The maximum Gasteiger partial charge on any atom is 0.0954 e. The van der Waals surface area contributed by atoms with E-state index in [9.17, 15) is 0 Å². The SMILES string of the molecule is COCCc1nc(C(C)(C)C)c(CN)s1. The van der Waals surface area contributed by atoms with E-state index in [-0.39, 0.29) is 5.41 Å². The fourth-order valence-electron chi connectivity index (χ4n) is 1.42. The lowest BCUT2D eigenvalue weighted by molar-refractivity contribution is 0.202. The Hall–Kier alpha value is -0.450. The normalized spacial score (nSPS) is 12.1. The molecule has 1 heterocycles. The van der Waals surface area contributed by atoms with Crippen molar-refractivity contribution in [2.24, 2.45) is 5.73 Å². The van der Waals surface area contributed by atoms with E-state index in [1.54, 1.807) is 18.4 Å². The van der Waals surface area contributed by atoms with Crippen molar-refractivity contribution in [3.63, 3.8) is 0 Å². The van der Waals surface area contributed by atoms with Crippen LogP contribution < -0.4 is 5.73 Å².